The molecule has 5 heteroatoms. The molecule has 0 atom stereocenters. The maximum atomic E-state index is 11.1. The fourth-order valence-corrected chi connectivity index (χ4v) is 2.95. The molecule has 0 bridgehead atoms. The van der Waals surface area contributed by atoms with E-state index in [2.05, 4.69) is 6.07 Å². The lowest BCUT2D eigenvalue weighted by molar-refractivity contribution is -0.139. The van der Waals surface area contributed by atoms with Gasteiger partial charge in [-0.05, 0) is 31.0 Å². The van der Waals surface area contributed by atoms with E-state index in [9.17, 15) is 4.79 Å². The molecule has 1 aromatic carbocycles. The molecule has 21 heavy (non-hydrogen) atoms. The Bertz CT molecular complexity index is 545. The van der Waals surface area contributed by atoms with Crippen LogP contribution in [-0.4, -0.2) is 35.7 Å². The summed E-state index contributed by atoms with van der Waals surface area (Å²) in [5.74, 6) is -0.125. The minimum atomic E-state index is -0.822. The number of methoxy groups -OCH3 is 1. The van der Waals surface area contributed by atoms with Crippen molar-refractivity contribution in [2.24, 2.45) is 0 Å². The molecular weight excluding hydrogens is 268 g/mol. The SMILES string of the molecule is COc1ccc(C#N)cc1CN(CC(=O)O)C1CCCC1. The van der Waals surface area contributed by atoms with Crippen LogP contribution < -0.4 is 4.74 Å². The van der Waals surface area contributed by atoms with Gasteiger partial charge in [-0.3, -0.25) is 9.69 Å². The average molecular weight is 288 g/mol. The van der Waals surface area contributed by atoms with Crippen LogP contribution in [0, 0.1) is 11.3 Å². The third-order valence-corrected chi connectivity index (χ3v) is 3.96. The van der Waals surface area contributed by atoms with E-state index in [1.165, 1.54) is 0 Å². The highest BCUT2D eigenvalue weighted by molar-refractivity contribution is 5.69. The van der Waals surface area contributed by atoms with Crippen LogP contribution in [0.15, 0.2) is 18.2 Å². The molecule has 0 saturated heterocycles. The lowest BCUT2D eigenvalue weighted by Gasteiger charge is -2.27. The first kappa shape index (κ1) is 15.3. The van der Waals surface area contributed by atoms with Gasteiger partial charge in [0.15, 0.2) is 0 Å². The summed E-state index contributed by atoms with van der Waals surface area (Å²) in [5, 5.41) is 18.1. The van der Waals surface area contributed by atoms with Crippen LogP contribution >= 0.6 is 0 Å². The van der Waals surface area contributed by atoms with Gasteiger partial charge in [-0.15, -0.1) is 0 Å². The third-order valence-electron chi connectivity index (χ3n) is 3.96. The van der Waals surface area contributed by atoms with Crippen molar-refractivity contribution in [3.63, 3.8) is 0 Å². The zero-order chi connectivity index (χ0) is 15.2. The molecule has 1 fully saturated rings. The molecule has 1 aliphatic rings. The number of nitrogens with zero attached hydrogens (tertiary/aromatic N) is 2. The summed E-state index contributed by atoms with van der Waals surface area (Å²) in [5.41, 5.74) is 1.43. The van der Waals surface area contributed by atoms with Gasteiger partial charge in [0, 0.05) is 18.2 Å². The van der Waals surface area contributed by atoms with E-state index in [4.69, 9.17) is 15.1 Å². The van der Waals surface area contributed by atoms with Gasteiger partial charge in [-0.2, -0.15) is 5.26 Å². The zero-order valence-corrected chi connectivity index (χ0v) is 12.2. The monoisotopic (exact) mass is 288 g/mol. The molecule has 112 valence electrons. The maximum absolute atomic E-state index is 11.1. The molecule has 1 N–H and O–H groups in total. The summed E-state index contributed by atoms with van der Waals surface area (Å²) >= 11 is 0. The maximum Gasteiger partial charge on any atom is 0.317 e. The van der Waals surface area contributed by atoms with E-state index in [0.29, 0.717) is 23.9 Å². The van der Waals surface area contributed by atoms with Gasteiger partial charge in [0.1, 0.15) is 5.75 Å². The molecule has 0 unspecified atom stereocenters. The molecule has 0 heterocycles. The minimum absolute atomic E-state index is 0.0185. The molecule has 1 aliphatic carbocycles. The highest BCUT2D eigenvalue weighted by Gasteiger charge is 2.25. The normalized spacial score (nSPS) is 15.1. The Morgan fingerprint density at radius 1 is 1.48 bits per heavy atom. The number of hydrogen-bond acceptors (Lipinski definition) is 4. The number of carbonyl (C=O) groups is 1. The van der Waals surface area contributed by atoms with Crippen LogP contribution in [-0.2, 0) is 11.3 Å². The lowest BCUT2D eigenvalue weighted by Crippen LogP contribution is -2.37. The van der Waals surface area contributed by atoms with E-state index in [0.717, 1.165) is 31.2 Å². The molecule has 5 nitrogen and oxygen atoms in total. The molecule has 2 rings (SSSR count). The number of aliphatic carboxylic acids is 1. The standard InChI is InChI=1S/C16H20N2O3/c1-21-15-7-6-12(9-17)8-13(15)10-18(11-16(19)20)14-4-2-3-5-14/h6-8,14H,2-5,10-11H2,1H3,(H,19,20). The Morgan fingerprint density at radius 3 is 2.76 bits per heavy atom. The third kappa shape index (κ3) is 3.96. The van der Waals surface area contributed by atoms with E-state index in [1.54, 1.807) is 25.3 Å². The molecule has 1 saturated carbocycles. The van der Waals surface area contributed by atoms with Crippen molar-refractivity contribution < 1.29 is 14.6 Å². The van der Waals surface area contributed by atoms with Crippen molar-refractivity contribution in [3.8, 4) is 11.8 Å². The number of ether oxygens (including phenoxy) is 1. The summed E-state index contributed by atoms with van der Waals surface area (Å²) in [4.78, 5) is 13.1. The first-order valence-corrected chi connectivity index (χ1v) is 7.17. The van der Waals surface area contributed by atoms with Crippen molar-refractivity contribution in [1.29, 1.82) is 5.26 Å². The average Bonchev–Trinajstić information content (AvgIpc) is 3.00. The molecule has 0 spiro atoms. The lowest BCUT2D eigenvalue weighted by atomic mass is 10.1. The van der Waals surface area contributed by atoms with Crippen LogP contribution in [0.25, 0.3) is 0 Å². The van der Waals surface area contributed by atoms with Crippen molar-refractivity contribution in [1.82, 2.24) is 4.90 Å². The molecule has 0 aromatic heterocycles. The Hall–Kier alpha value is -2.06. The minimum Gasteiger partial charge on any atom is -0.496 e. The molecule has 1 aromatic rings. The van der Waals surface area contributed by atoms with Crippen LogP contribution in [0.4, 0.5) is 0 Å². The first-order valence-electron chi connectivity index (χ1n) is 7.17. The number of hydrogen-bond donors (Lipinski definition) is 1. The Labute approximate surface area is 124 Å². The van der Waals surface area contributed by atoms with Crippen LogP contribution in [0.1, 0.15) is 36.8 Å². The van der Waals surface area contributed by atoms with E-state index in [-0.39, 0.29) is 6.54 Å². The first-order chi connectivity index (χ1) is 10.1. The summed E-state index contributed by atoms with van der Waals surface area (Å²) < 4.78 is 5.33. The number of benzene rings is 1. The summed E-state index contributed by atoms with van der Waals surface area (Å²) in [6, 6.07) is 7.67. The number of rotatable bonds is 6. The van der Waals surface area contributed by atoms with Gasteiger partial charge in [0.05, 0.1) is 25.3 Å². The second-order valence-corrected chi connectivity index (χ2v) is 5.38. The van der Waals surface area contributed by atoms with Gasteiger partial charge in [-0.25, -0.2) is 0 Å². The fraction of sp³-hybridized carbons (Fsp3) is 0.500. The number of carboxylic acids is 1. The van der Waals surface area contributed by atoms with E-state index < -0.39 is 5.97 Å². The molecule has 0 radical (unpaired) electrons. The topological polar surface area (TPSA) is 73.6 Å². The van der Waals surface area contributed by atoms with Crippen LogP contribution in [0.5, 0.6) is 5.75 Å². The second-order valence-electron chi connectivity index (χ2n) is 5.38. The summed E-state index contributed by atoms with van der Waals surface area (Å²) in [6.07, 6.45) is 4.37. The summed E-state index contributed by atoms with van der Waals surface area (Å²) in [6.45, 7) is 0.514. The van der Waals surface area contributed by atoms with E-state index >= 15 is 0 Å². The summed E-state index contributed by atoms with van der Waals surface area (Å²) in [7, 11) is 1.59. The zero-order valence-electron chi connectivity index (χ0n) is 12.2. The highest BCUT2D eigenvalue weighted by atomic mass is 16.5. The van der Waals surface area contributed by atoms with Gasteiger partial charge in [-0.1, -0.05) is 12.8 Å². The van der Waals surface area contributed by atoms with E-state index in [1.807, 2.05) is 4.90 Å². The van der Waals surface area contributed by atoms with Crippen LogP contribution in [0.3, 0.4) is 0 Å². The van der Waals surface area contributed by atoms with Gasteiger partial charge < -0.3 is 9.84 Å². The smallest absolute Gasteiger partial charge is 0.317 e. The van der Waals surface area contributed by atoms with Gasteiger partial charge in [0.2, 0.25) is 0 Å². The second kappa shape index (κ2) is 7.09. The number of carboxylic acid groups (broad SMARTS) is 1. The van der Waals surface area contributed by atoms with Crippen molar-refractivity contribution in [2.75, 3.05) is 13.7 Å². The largest absolute Gasteiger partial charge is 0.496 e. The van der Waals surface area contributed by atoms with Crippen molar-refractivity contribution in [3.05, 3.63) is 29.3 Å². The quantitative estimate of drug-likeness (QED) is 0.870. The number of nitriles is 1. The van der Waals surface area contributed by atoms with Gasteiger partial charge in [0.25, 0.3) is 0 Å². The van der Waals surface area contributed by atoms with Crippen molar-refractivity contribution >= 4 is 5.97 Å². The Balaban J connectivity index is 2.22. The van der Waals surface area contributed by atoms with Crippen LogP contribution in [0.2, 0.25) is 0 Å². The van der Waals surface area contributed by atoms with Crippen molar-refractivity contribution in [2.45, 2.75) is 38.3 Å². The predicted molar refractivity (Wildman–Crippen MR) is 78.0 cm³/mol. The predicted octanol–water partition coefficient (Wildman–Crippen LogP) is 2.40. The molecular formula is C16H20N2O3. The Kier molecular flexibility index (Phi) is 5.18. The highest BCUT2D eigenvalue weighted by Crippen LogP contribution is 2.27. The molecule has 0 amide bonds. The fourth-order valence-electron chi connectivity index (χ4n) is 2.95. The Morgan fingerprint density at radius 2 is 2.19 bits per heavy atom. The molecule has 0 aliphatic heterocycles. The van der Waals surface area contributed by atoms with Gasteiger partial charge >= 0.3 is 5.97 Å².